The number of nitrogens with one attached hydrogen (secondary N) is 2. The van der Waals surface area contributed by atoms with Crippen LogP contribution in [-0.2, 0) is 16.3 Å². The van der Waals surface area contributed by atoms with Crippen LogP contribution in [0.15, 0.2) is 55.1 Å². The van der Waals surface area contributed by atoms with Crippen LogP contribution in [0.1, 0.15) is 12.5 Å². The molecule has 2 aromatic heterocycles. The van der Waals surface area contributed by atoms with Gasteiger partial charge in [0.05, 0.1) is 17.7 Å². The summed E-state index contributed by atoms with van der Waals surface area (Å²) in [5.74, 6) is 4.14. The molecular formula is C23H25FN6O2S. The largest absolute Gasteiger partial charge is 0.486 e. The average Bonchev–Trinajstić information content (AvgIpc) is 3.21. The van der Waals surface area contributed by atoms with E-state index in [-0.39, 0.29) is 6.10 Å². The highest BCUT2D eigenvalue weighted by atomic mass is 32.2. The second kappa shape index (κ2) is 9.07. The molecule has 4 aromatic rings. The Bertz CT molecular complexity index is 1390. The zero-order chi connectivity index (χ0) is 23.6. The Morgan fingerprint density at radius 3 is 2.82 bits per heavy atom. The number of ether oxygens (including phenoxy) is 1. The van der Waals surface area contributed by atoms with Crippen LogP contribution in [0.3, 0.4) is 0 Å². The molecule has 0 amide bonds. The summed E-state index contributed by atoms with van der Waals surface area (Å²) in [4.78, 5) is 8.75. The Balaban J connectivity index is 1.65. The zero-order valence-electron chi connectivity index (χ0n) is 18.6. The fourth-order valence-electron chi connectivity index (χ4n) is 3.55. The van der Waals surface area contributed by atoms with Crippen LogP contribution in [0.5, 0.6) is 5.75 Å². The molecule has 0 aliphatic carbocycles. The third-order valence-corrected chi connectivity index (χ3v) is 5.46. The fourth-order valence-corrected chi connectivity index (χ4v) is 4.16. The Morgan fingerprint density at radius 2 is 2.09 bits per heavy atom. The van der Waals surface area contributed by atoms with Crippen molar-refractivity contribution in [3.8, 4) is 5.75 Å². The average molecular weight is 469 g/mol. The minimum atomic E-state index is -2.43. The Morgan fingerprint density at radius 1 is 1.27 bits per heavy atom. The van der Waals surface area contributed by atoms with E-state index >= 15 is 0 Å². The van der Waals surface area contributed by atoms with E-state index in [9.17, 15) is 8.60 Å². The van der Waals surface area contributed by atoms with Gasteiger partial charge in [-0.15, -0.1) is 0 Å². The molecule has 4 rings (SSSR count). The van der Waals surface area contributed by atoms with Crippen molar-refractivity contribution in [3.63, 3.8) is 0 Å². The van der Waals surface area contributed by atoms with Crippen molar-refractivity contribution in [2.45, 2.75) is 26.5 Å². The highest BCUT2D eigenvalue weighted by Crippen LogP contribution is 2.33. The molecule has 0 fully saturated rings. The lowest BCUT2D eigenvalue weighted by Gasteiger charge is -2.19. The van der Waals surface area contributed by atoms with E-state index in [2.05, 4.69) is 31.0 Å². The van der Waals surface area contributed by atoms with Gasteiger partial charge in [-0.2, -0.15) is 5.10 Å². The lowest BCUT2D eigenvalue weighted by Crippen LogP contribution is -2.20. The summed E-state index contributed by atoms with van der Waals surface area (Å²) in [6, 6.07) is 9.79. The van der Waals surface area contributed by atoms with Gasteiger partial charge in [0.25, 0.3) is 0 Å². The quantitative estimate of drug-likeness (QED) is 0.377. The van der Waals surface area contributed by atoms with E-state index in [1.807, 2.05) is 32.2 Å². The number of hydrogen-bond acceptors (Lipinski definition) is 6. The van der Waals surface area contributed by atoms with Gasteiger partial charge < -0.3 is 14.8 Å². The lowest BCUT2D eigenvalue weighted by molar-refractivity contribution is 0.194. The van der Waals surface area contributed by atoms with Gasteiger partial charge in [-0.25, -0.2) is 18.6 Å². The van der Waals surface area contributed by atoms with Crippen molar-refractivity contribution in [1.29, 1.82) is 0 Å². The van der Waals surface area contributed by atoms with Gasteiger partial charge in [-0.1, -0.05) is 0 Å². The third kappa shape index (κ3) is 5.58. The van der Waals surface area contributed by atoms with E-state index in [0.29, 0.717) is 35.0 Å². The number of halogens is 1. The molecule has 2 atom stereocenters. The topological polar surface area (TPSA) is 94.0 Å². The summed E-state index contributed by atoms with van der Waals surface area (Å²) in [5, 5.41) is 8.23. The van der Waals surface area contributed by atoms with Crippen molar-refractivity contribution in [2.24, 2.45) is 0 Å². The van der Waals surface area contributed by atoms with E-state index < -0.39 is 15.5 Å². The first-order valence-corrected chi connectivity index (χ1v) is 12.4. The van der Waals surface area contributed by atoms with Crippen molar-refractivity contribution in [3.05, 3.63) is 66.5 Å². The molecule has 33 heavy (non-hydrogen) atoms. The maximum atomic E-state index is 14.0. The fraction of sp³-hybridized carbons (Fsp3) is 0.217. The molecule has 10 heteroatoms. The standard InChI is InChI=1S/C23H25FN6O2S/c1-15-10-18(29-33(3,4)31)12-20-22(15)23(26-14-25-20)28-19-7-6-17(24)11-21(19)32-16(2)13-30-9-5-8-27-30/h5-12,14,16H,3,13H2,1-2,4H3,(H,29,31)(H,25,26,28). The molecule has 2 N–H and O–H groups in total. The zero-order valence-corrected chi connectivity index (χ0v) is 19.4. The molecule has 172 valence electrons. The monoisotopic (exact) mass is 468 g/mol. The molecular weight excluding hydrogens is 443 g/mol. The molecule has 2 unspecified atom stereocenters. The van der Waals surface area contributed by atoms with E-state index in [4.69, 9.17) is 4.74 Å². The molecule has 0 spiro atoms. The van der Waals surface area contributed by atoms with Crippen molar-refractivity contribution in [1.82, 2.24) is 19.7 Å². The van der Waals surface area contributed by atoms with Crippen LogP contribution < -0.4 is 14.8 Å². The van der Waals surface area contributed by atoms with E-state index in [1.54, 1.807) is 23.0 Å². The molecule has 0 saturated heterocycles. The van der Waals surface area contributed by atoms with Gasteiger partial charge in [0, 0.05) is 45.5 Å². The molecule has 0 radical (unpaired) electrons. The number of hydrogen-bond donors (Lipinski definition) is 2. The molecule has 0 aliphatic heterocycles. The SMILES string of the molecule is C=S(C)(=O)Nc1cc(C)c2c(Nc3ccc(F)cc3OC(C)Cn3cccn3)ncnc2c1. The summed E-state index contributed by atoms with van der Waals surface area (Å²) in [7, 11) is -2.43. The predicted octanol–water partition coefficient (Wildman–Crippen LogP) is 4.16. The van der Waals surface area contributed by atoms with E-state index in [1.165, 1.54) is 24.7 Å². The number of benzene rings is 2. The number of nitrogens with zero attached hydrogens (tertiary/aromatic N) is 4. The minimum Gasteiger partial charge on any atom is -0.486 e. The first kappa shape index (κ1) is 22.5. The first-order valence-electron chi connectivity index (χ1n) is 10.2. The highest BCUT2D eigenvalue weighted by Gasteiger charge is 2.15. The van der Waals surface area contributed by atoms with Gasteiger partial charge in [-0.3, -0.25) is 4.68 Å². The smallest absolute Gasteiger partial charge is 0.146 e. The summed E-state index contributed by atoms with van der Waals surface area (Å²) in [6.07, 6.45) is 6.25. The number of aryl methyl sites for hydroxylation is 1. The maximum absolute atomic E-state index is 14.0. The molecule has 0 aliphatic rings. The Hall–Kier alpha value is -3.66. The Kier molecular flexibility index (Phi) is 6.19. The van der Waals surface area contributed by atoms with Crippen LogP contribution in [0, 0.1) is 12.7 Å². The van der Waals surface area contributed by atoms with Gasteiger partial charge >= 0.3 is 0 Å². The van der Waals surface area contributed by atoms with Gasteiger partial charge in [0.1, 0.15) is 29.8 Å². The van der Waals surface area contributed by atoms with Crippen LogP contribution in [-0.4, -0.2) is 42.2 Å². The van der Waals surface area contributed by atoms with Crippen LogP contribution >= 0.6 is 0 Å². The van der Waals surface area contributed by atoms with Gasteiger partial charge in [0.2, 0.25) is 0 Å². The summed E-state index contributed by atoms with van der Waals surface area (Å²) >= 11 is 0. The summed E-state index contributed by atoms with van der Waals surface area (Å²) < 4.78 is 36.8. The van der Waals surface area contributed by atoms with Crippen molar-refractivity contribution < 1.29 is 13.3 Å². The second-order valence-corrected chi connectivity index (χ2v) is 10.2. The Labute approximate surface area is 192 Å². The molecule has 8 nitrogen and oxygen atoms in total. The van der Waals surface area contributed by atoms with Gasteiger partial charge in [-0.05, 0) is 55.6 Å². The number of anilines is 3. The van der Waals surface area contributed by atoms with Crippen LogP contribution in [0.4, 0.5) is 21.6 Å². The normalized spacial score (nSPS) is 13.9. The lowest BCUT2D eigenvalue weighted by atomic mass is 10.1. The van der Waals surface area contributed by atoms with Crippen LogP contribution in [0.25, 0.3) is 10.9 Å². The highest BCUT2D eigenvalue weighted by molar-refractivity contribution is 8.00. The molecule has 2 heterocycles. The third-order valence-electron chi connectivity index (χ3n) is 4.80. The minimum absolute atomic E-state index is 0.253. The first-order chi connectivity index (χ1) is 15.7. The van der Waals surface area contributed by atoms with Gasteiger partial charge in [0.15, 0.2) is 0 Å². The predicted molar refractivity (Wildman–Crippen MR) is 131 cm³/mol. The molecule has 0 bridgehead atoms. The maximum Gasteiger partial charge on any atom is 0.146 e. The molecule has 2 aromatic carbocycles. The molecule has 0 saturated carbocycles. The van der Waals surface area contributed by atoms with Crippen molar-refractivity contribution in [2.75, 3.05) is 16.3 Å². The summed E-state index contributed by atoms with van der Waals surface area (Å²) in [5.41, 5.74) is 2.76. The van der Waals surface area contributed by atoms with Crippen LogP contribution in [0.2, 0.25) is 0 Å². The number of aromatic nitrogens is 4. The summed E-state index contributed by atoms with van der Waals surface area (Å²) in [6.45, 7) is 4.32. The number of rotatable bonds is 8. The van der Waals surface area contributed by atoms with E-state index in [0.717, 1.165) is 10.9 Å². The van der Waals surface area contributed by atoms with Crippen molar-refractivity contribution >= 4 is 43.7 Å². The second-order valence-electron chi connectivity index (χ2n) is 7.94. The number of fused-ring (bicyclic) bond motifs is 1.